The summed E-state index contributed by atoms with van der Waals surface area (Å²) < 4.78 is 1.89. The van der Waals surface area contributed by atoms with Gasteiger partial charge in [-0.05, 0) is 73.2 Å². The van der Waals surface area contributed by atoms with E-state index in [-0.39, 0.29) is 0 Å². The molecule has 0 radical (unpaired) electrons. The Labute approximate surface area is 188 Å². The molecule has 4 aromatic heterocycles. The Kier molecular flexibility index (Phi) is 4.98. The molecule has 4 aromatic rings. The first-order chi connectivity index (χ1) is 14.8. The van der Waals surface area contributed by atoms with Crippen molar-refractivity contribution in [2.75, 3.05) is 13.1 Å². The van der Waals surface area contributed by atoms with E-state index in [2.05, 4.69) is 74.2 Å². The van der Waals surface area contributed by atoms with Gasteiger partial charge in [0, 0.05) is 28.6 Å². The van der Waals surface area contributed by atoms with Crippen LogP contribution in [0.5, 0.6) is 0 Å². The van der Waals surface area contributed by atoms with E-state index in [0.29, 0.717) is 17.3 Å². The summed E-state index contributed by atoms with van der Waals surface area (Å²) in [5.74, 6) is 1.14. The molecule has 0 atom stereocenters. The van der Waals surface area contributed by atoms with Crippen molar-refractivity contribution in [3.8, 4) is 11.3 Å². The maximum atomic E-state index is 4.38. The van der Waals surface area contributed by atoms with E-state index in [4.69, 9.17) is 0 Å². The molecule has 1 aliphatic carbocycles. The number of pyridine rings is 1. The average Bonchev–Trinajstić information content (AvgIpc) is 3.39. The molecule has 0 aliphatic heterocycles. The van der Waals surface area contributed by atoms with Gasteiger partial charge in [-0.2, -0.15) is 5.10 Å². The van der Waals surface area contributed by atoms with Crippen LogP contribution in [0.3, 0.4) is 0 Å². The molecular formula is C25H33N5S. The minimum Gasteiger partial charge on any atom is -0.346 e. The molecule has 0 bridgehead atoms. The van der Waals surface area contributed by atoms with Crippen molar-refractivity contribution in [2.24, 2.45) is 5.41 Å². The number of aromatic nitrogens is 4. The third-order valence-corrected chi connectivity index (χ3v) is 8.41. The molecule has 0 saturated heterocycles. The van der Waals surface area contributed by atoms with Crippen LogP contribution in [-0.2, 0) is 0 Å². The quantitative estimate of drug-likeness (QED) is 0.381. The Morgan fingerprint density at radius 2 is 2.10 bits per heavy atom. The van der Waals surface area contributed by atoms with Gasteiger partial charge in [0.05, 0.1) is 5.69 Å². The normalized spacial score (nSPS) is 21.5. The Hall–Kier alpha value is -2.18. The number of aromatic amines is 1. The number of hydrogen-bond donors (Lipinski definition) is 2. The zero-order valence-electron chi connectivity index (χ0n) is 19.5. The van der Waals surface area contributed by atoms with Gasteiger partial charge in [0.25, 0.3) is 0 Å². The van der Waals surface area contributed by atoms with Crippen molar-refractivity contribution in [1.29, 1.82) is 0 Å². The Morgan fingerprint density at radius 1 is 1.32 bits per heavy atom. The van der Waals surface area contributed by atoms with Gasteiger partial charge in [-0.25, -0.2) is 9.50 Å². The lowest BCUT2D eigenvalue weighted by molar-refractivity contribution is 0.126. The molecule has 0 unspecified atom stereocenters. The Morgan fingerprint density at radius 3 is 2.81 bits per heavy atom. The second-order valence-electron chi connectivity index (χ2n) is 10.00. The smallest absolute Gasteiger partial charge is 0.158 e. The molecule has 31 heavy (non-hydrogen) atoms. The number of hydrogen-bond acceptors (Lipinski definition) is 4. The van der Waals surface area contributed by atoms with Crippen molar-refractivity contribution in [3.63, 3.8) is 0 Å². The molecule has 164 valence electrons. The topological polar surface area (TPSA) is 58.0 Å². The highest BCUT2D eigenvalue weighted by atomic mass is 32.1. The summed E-state index contributed by atoms with van der Waals surface area (Å²) in [7, 11) is 0. The maximum absolute atomic E-state index is 4.38. The third kappa shape index (κ3) is 3.31. The van der Waals surface area contributed by atoms with Gasteiger partial charge in [-0.3, -0.25) is 0 Å². The zero-order chi connectivity index (χ0) is 21.9. The summed E-state index contributed by atoms with van der Waals surface area (Å²) in [5, 5.41) is 9.37. The molecule has 1 aliphatic rings. The molecule has 0 amide bonds. The second kappa shape index (κ2) is 7.45. The van der Waals surface area contributed by atoms with E-state index in [1.54, 1.807) is 11.2 Å². The SMILES string of the molecule is CCNCC1(C)CC(c2sc3[nH]c(-c4cc(C)c5ncnn5c4)c(C(C)C)c3c2C)C1. The highest BCUT2D eigenvalue weighted by molar-refractivity contribution is 7.19. The van der Waals surface area contributed by atoms with E-state index >= 15 is 0 Å². The minimum atomic E-state index is 0.442. The van der Waals surface area contributed by atoms with E-state index in [1.165, 1.54) is 45.4 Å². The fraction of sp³-hybridized carbons (Fsp3) is 0.520. The molecular weight excluding hydrogens is 402 g/mol. The van der Waals surface area contributed by atoms with Gasteiger partial charge in [0.15, 0.2) is 5.65 Å². The van der Waals surface area contributed by atoms with E-state index in [1.807, 2.05) is 15.9 Å². The summed E-state index contributed by atoms with van der Waals surface area (Å²) >= 11 is 1.98. The summed E-state index contributed by atoms with van der Waals surface area (Å²) in [6.45, 7) is 15.9. The van der Waals surface area contributed by atoms with Gasteiger partial charge in [-0.1, -0.05) is 27.7 Å². The first-order valence-corrected chi connectivity index (χ1v) is 12.3. The van der Waals surface area contributed by atoms with Gasteiger partial charge < -0.3 is 10.3 Å². The molecule has 2 N–H and O–H groups in total. The molecule has 1 fully saturated rings. The van der Waals surface area contributed by atoms with Crippen molar-refractivity contribution < 1.29 is 0 Å². The minimum absolute atomic E-state index is 0.442. The fourth-order valence-electron chi connectivity index (χ4n) is 5.56. The Bertz CT molecular complexity index is 1250. The van der Waals surface area contributed by atoms with E-state index in [0.717, 1.165) is 24.3 Å². The monoisotopic (exact) mass is 435 g/mol. The number of fused-ring (bicyclic) bond motifs is 2. The standard InChI is InChI=1S/C25H33N5S/c1-7-26-12-25(6)9-18(10-25)22-16(5)20-19(14(2)3)21(29-24(20)31-22)17-8-15(4)23-27-13-28-30(23)11-17/h8,11,13-14,18,26,29H,7,9-10,12H2,1-6H3. The largest absolute Gasteiger partial charge is 0.346 e. The first kappa shape index (κ1) is 20.7. The van der Waals surface area contributed by atoms with E-state index < -0.39 is 0 Å². The van der Waals surface area contributed by atoms with Crippen molar-refractivity contribution in [2.45, 2.75) is 66.2 Å². The highest BCUT2D eigenvalue weighted by Gasteiger charge is 2.42. The molecule has 6 heteroatoms. The number of thiophene rings is 1. The average molecular weight is 436 g/mol. The van der Waals surface area contributed by atoms with Crippen LogP contribution in [0, 0.1) is 19.3 Å². The molecule has 0 aromatic carbocycles. The lowest BCUT2D eigenvalue weighted by atomic mass is 9.62. The summed E-state index contributed by atoms with van der Waals surface area (Å²) in [6.07, 6.45) is 6.30. The summed E-state index contributed by atoms with van der Waals surface area (Å²) in [6, 6.07) is 2.24. The van der Waals surface area contributed by atoms with Gasteiger partial charge in [0.1, 0.15) is 11.2 Å². The highest BCUT2D eigenvalue weighted by Crippen LogP contribution is 2.55. The number of nitrogens with one attached hydrogen (secondary N) is 2. The van der Waals surface area contributed by atoms with Crippen molar-refractivity contribution >= 4 is 27.2 Å². The maximum Gasteiger partial charge on any atom is 0.158 e. The first-order valence-electron chi connectivity index (χ1n) is 11.5. The van der Waals surface area contributed by atoms with Gasteiger partial charge in [0.2, 0.25) is 0 Å². The van der Waals surface area contributed by atoms with Crippen molar-refractivity contribution in [1.82, 2.24) is 24.9 Å². The fourth-order valence-corrected chi connectivity index (χ4v) is 6.89. The van der Waals surface area contributed by atoms with Gasteiger partial charge in [-0.15, -0.1) is 11.3 Å². The Balaban J connectivity index is 1.55. The van der Waals surface area contributed by atoms with Crippen LogP contribution in [0.25, 0.3) is 27.1 Å². The van der Waals surface area contributed by atoms with Crippen LogP contribution in [-0.4, -0.2) is 32.7 Å². The zero-order valence-corrected chi connectivity index (χ0v) is 20.3. The number of nitrogens with zero attached hydrogens (tertiary/aromatic N) is 3. The molecule has 4 heterocycles. The van der Waals surface area contributed by atoms with Crippen molar-refractivity contribution in [3.05, 3.63) is 40.2 Å². The van der Waals surface area contributed by atoms with Crippen LogP contribution in [0.4, 0.5) is 0 Å². The predicted octanol–water partition coefficient (Wildman–Crippen LogP) is 6.17. The molecule has 1 saturated carbocycles. The lowest BCUT2D eigenvalue weighted by Gasteiger charge is -2.45. The van der Waals surface area contributed by atoms with E-state index in [9.17, 15) is 0 Å². The van der Waals surface area contributed by atoms with Crippen LogP contribution < -0.4 is 5.32 Å². The number of aryl methyl sites for hydroxylation is 2. The lowest BCUT2D eigenvalue weighted by Crippen LogP contribution is -2.41. The number of rotatable bonds is 6. The second-order valence-corrected chi connectivity index (χ2v) is 11.1. The molecule has 5 nitrogen and oxygen atoms in total. The van der Waals surface area contributed by atoms with Crippen LogP contribution >= 0.6 is 11.3 Å². The van der Waals surface area contributed by atoms with Gasteiger partial charge >= 0.3 is 0 Å². The number of H-pyrrole nitrogens is 1. The predicted molar refractivity (Wildman–Crippen MR) is 130 cm³/mol. The molecule has 5 rings (SSSR count). The van der Waals surface area contributed by atoms with Crippen LogP contribution in [0.2, 0.25) is 0 Å². The van der Waals surface area contributed by atoms with Crippen LogP contribution in [0.1, 0.15) is 73.9 Å². The summed E-state index contributed by atoms with van der Waals surface area (Å²) in [5.41, 5.74) is 7.86. The van der Waals surface area contributed by atoms with Crippen LogP contribution in [0.15, 0.2) is 18.6 Å². The molecule has 0 spiro atoms. The third-order valence-electron chi connectivity index (χ3n) is 7.04. The summed E-state index contributed by atoms with van der Waals surface area (Å²) in [4.78, 5) is 11.1.